The molecule has 0 aliphatic carbocycles. The van der Waals surface area contributed by atoms with Crippen molar-refractivity contribution in [2.75, 3.05) is 20.2 Å². The molecule has 2 rings (SSSR count). The number of nitrogens with zero attached hydrogens (tertiary/aromatic N) is 1. The van der Waals surface area contributed by atoms with E-state index in [-0.39, 0.29) is 0 Å². The lowest BCUT2D eigenvalue weighted by atomic mass is 9.88. The van der Waals surface area contributed by atoms with Crippen LogP contribution >= 0.6 is 0 Å². The molecule has 0 aromatic heterocycles. The minimum atomic E-state index is 0.392. The van der Waals surface area contributed by atoms with E-state index in [1.807, 2.05) is 12.1 Å². The monoisotopic (exact) mass is 262 g/mol. The van der Waals surface area contributed by atoms with Gasteiger partial charge in [-0.2, -0.15) is 0 Å². The van der Waals surface area contributed by atoms with Crippen molar-refractivity contribution < 1.29 is 4.74 Å². The van der Waals surface area contributed by atoms with Crippen molar-refractivity contribution >= 4 is 0 Å². The number of nitrogens with two attached hydrogens (primary N) is 1. The lowest BCUT2D eigenvalue weighted by Gasteiger charge is -2.34. The molecular weight excluding hydrogens is 236 g/mol. The van der Waals surface area contributed by atoms with Gasteiger partial charge in [0.1, 0.15) is 5.75 Å². The van der Waals surface area contributed by atoms with E-state index in [0.29, 0.717) is 6.04 Å². The van der Waals surface area contributed by atoms with Gasteiger partial charge in [-0.3, -0.25) is 4.90 Å². The van der Waals surface area contributed by atoms with Gasteiger partial charge in [0, 0.05) is 12.6 Å². The molecule has 2 N–H and O–H groups in total. The molecule has 1 aliphatic heterocycles. The first-order valence-electron chi connectivity index (χ1n) is 7.33. The summed E-state index contributed by atoms with van der Waals surface area (Å²) in [5.41, 5.74) is 7.51. The van der Waals surface area contributed by atoms with Crippen LogP contribution in [0.5, 0.6) is 5.75 Å². The number of ether oxygens (including phenoxy) is 1. The Morgan fingerprint density at radius 2 is 1.89 bits per heavy atom. The van der Waals surface area contributed by atoms with E-state index in [2.05, 4.69) is 24.0 Å². The molecule has 0 bridgehead atoms. The first-order chi connectivity index (χ1) is 9.22. The standard InChI is InChI=1S/C16H26N2O/c1-3-16(17)14-8-10-18(11-9-14)12-13-4-6-15(19-2)7-5-13/h4-7,14,16H,3,8-12,17H2,1-2H3. The van der Waals surface area contributed by atoms with Crippen LogP contribution in [0.15, 0.2) is 24.3 Å². The summed E-state index contributed by atoms with van der Waals surface area (Å²) in [4.78, 5) is 2.53. The third-order valence-corrected chi connectivity index (χ3v) is 4.27. The number of hydrogen-bond donors (Lipinski definition) is 1. The predicted octanol–water partition coefficient (Wildman–Crippen LogP) is 2.64. The van der Waals surface area contributed by atoms with E-state index >= 15 is 0 Å². The third-order valence-electron chi connectivity index (χ3n) is 4.27. The van der Waals surface area contributed by atoms with Crippen LogP contribution in [-0.2, 0) is 6.54 Å². The lowest BCUT2D eigenvalue weighted by molar-refractivity contribution is 0.161. The highest BCUT2D eigenvalue weighted by atomic mass is 16.5. The summed E-state index contributed by atoms with van der Waals surface area (Å²) in [5, 5.41) is 0. The number of benzene rings is 1. The Labute approximate surface area is 116 Å². The maximum absolute atomic E-state index is 6.15. The topological polar surface area (TPSA) is 38.5 Å². The molecule has 1 aliphatic rings. The molecular formula is C16H26N2O. The molecule has 1 saturated heterocycles. The molecule has 3 heteroatoms. The van der Waals surface area contributed by atoms with Gasteiger partial charge in [-0.1, -0.05) is 19.1 Å². The summed E-state index contributed by atoms with van der Waals surface area (Å²) in [6.45, 7) is 5.57. The molecule has 0 amide bonds. The second-order valence-corrected chi connectivity index (χ2v) is 5.53. The highest BCUT2D eigenvalue weighted by molar-refractivity contribution is 5.27. The molecule has 1 atom stereocenters. The zero-order valence-electron chi connectivity index (χ0n) is 12.1. The molecule has 19 heavy (non-hydrogen) atoms. The van der Waals surface area contributed by atoms with Crippen molar-refractivity contribution in [2.45, 2.75) is 38.8 Å². The van der Waals surface area contributed by atoms with Crippen molar-refractivity contribution in [1.29, 1.82) is 0 Å². The number of likely N-dealkylation sites (tertiary alicyclic amines) is 1. The average Bonchev–Trinajstić information content (AvgIpc) is 2.48. The van der Waals surface area contributed by atoms with Crippen molar-refractivity contribution in [3.63, 3.8) is 0 Å². The Kier molecular flexibility index (Phi) is 5.23. The fourth-order valence-corrected chi connectivity index (χ4v) is 2.86. The van der Waals surface area contributed by atoms with Crippen molar-refractivity contribution in [2.24, 2.45) is 11.7 Å². The van der Waals surface area contributed by atoms with Crippen LogP contribution in [0.3, 0.4) is 0 Å². The molecule has 106 valence electrons. The molecule has 1 aromatic rings. The van der Waals surface area contributed by atoms with Crippen LogP contribution in [0.4, 0.5) is 0 Å². The van der Waals surface area contributed by atoms with E-state index in [1.165, 1.54) is 31.5 Å². The van der Waals surface area contributed by atoms with Gasteiger partial charge in [0.15, 0.2) is 0 Å². The molecule has 0 radical (unpaired) electrons. The number of rotatable bonds is 5. The van der Waals surface area contributed by atoms with Crippen LogP contribution in [-0.4, -0.2) is 31.1 Å². The van der Waals surface area contributed by atoms with Crippen molar-refractivity contribution in [3.05, 3.63) is 29.8 Å². The maximum atomic E-state index is 6.15. The Morgan fingerprint density at radius 3 is 2.42 bits per heavy atom. The Bertz CT molecular complexity index is 369. The van der Waals surface area contributed by atoms with E-state index in [4.69, 9.17) is 10.5 Å². The van der Waals surface area contributed by atoms with Crippen LogP contribution in [0.2, 0.25) is 0 Å². The van der Waals surface area contributed by atoms with Crippen LogP contribution in [0, 0.1) is 5.92 Å². The van der Waals surface area contributed by atoms with Gasteiger partial charge in [-0.05, 0) is 56.0 Å². The fourth-order valence-electron chi connectivity index (χ4n) is 2.86. The van der Waals surface area contributed by atoms with Crippen LogP contribution < -0.4 is 10.5 Å². The minimum Gasteiger partial charge on any atom is -0.497 e. The molecule has 1 aromatic carbocycles. The highest BCUT2D eigenvalue weighted by Crippen LogP contribution is 2.22. The van der Waals surface area contributed by atoms with Gasteiger partial charge in [0.25, 0.3) is 0 Å². The highest BCUT2D eigenvalue weighted by Gasteiger charge is 2.23. The summed E-state index contributed by atoms with van der Waals surface area (Å²) in [6, 6.07) is 8.78. The van der Waals surface area contributed by atoms with Gasteiger partial charge in [-0.25, -0.2) is 0 Å². The molecule has 0 saturated carbocycles. The van der Waals surface area contributed by atoms with Gasteiger partial charge in [0.05, 0.1) is 7.11 Å². The van der Waals surface area contributed by atoms with Crippen LogP contribution in [0.1, 0.15) is 31.7 Å². The van der Waals surface area contributed by atoms with Gasteiger partial charge >= 0.3 is 0 Å². The Balaban J connectivity index is 1.81. The van der Waals surface area contributed by atoms with E-state index in [0.717, 1.165) is 24.6 Å². The SMILES string of the molecule is CCC(N)C1CCN(Cc2ccc(OC)cc2)CC1. The number of methoxy groups -OCH3 is 1. The van der Waals surface area contributed by atoms with Crippen molar-refractivity contribution in [3.8, 4) is 5.75 Å². The summed E-state index contributed by atoms with van der Waals surface area (Å²) < 4.78 is 5.18. The zero-order valence-corrected chi connectivity index (χ0v) is 12.1. The second-order valence-electron chi connectivity index (χ2n) is 5.53. The average molecular weight is 262 g/mol. The van der Waals surface area contributed by atoms with E-state index in [1.54, 1.807) is 7.11 Å². The molecule has 3 nitrogen and oxygen atoms in total. The van der Waals surface area contributed by atoms with Gasteiger partial charge in [0.2, 0.25) is 0 Å². The summed E-state index contributed by atoms with van der Waals surface area (Å²) >= 11 is 0. The van der Waals surface area contributed by atoms with Crippen LogP contribution in [0.25, 0.3) is 0 Å². The summed E-state index contributed by atoms with van der Waals surface area (Å²) in [5.74, 6) is 1.65. The fraction of sp³-hybridized carbons (Fsp3) is 0.625. The summed E-state index contributed by atoms with van der Waals surface area (Å²) in [7, 11) is 1.71. The zero-order chi connectivity index (χ0) is 13.7. The molecule has 1 unspecified atom stereocenters. The lowest BCUT2D eigenvalue weighted by Crippen LogP contribution is -2.40. The van der Waals surface area contributed by atoms with Crippen molar-refractivity contribution in [1.82, 2.24) is 4.90 Å². The Morgan fingerprint density at radius 1 is 1.26 bits per heavy atom. The largest absolute Gasteiger partial charge is 0.497 e. The smallest absolute Gasteiger partial charge is 0.118 e. The summed E-state index contributed by atoms with van der Waals surface area (Å²) in [6.07, 6.45) is 3.58. The second kappa shape index (κ2) is 6.92. The van der Waals surface area contributed by atoms with Gasteiger partial charge in [-0.15, -0.1) is 0 Å². The number of hydrogen-bond acceptors (Lipinski definition) is 3. The Hall–Kier alpha value is -1.06. The first-order valence-corrected chi connectivity index (χ1v) is 7.33. The first kappa shape index (κ1) is 14.4. The quantitative estimate of drug-likeness (QED) is 0.886. The third kappa shape index (κ3) is 3.95. The van der Waals surface area contributed by atoms with Gasteiger partial charge < -0.3 is 10.5 Å². The van der Waals surface area contributed by atoms with E-state index in [9.17, 15) is 0 Å². The molecule has 0 spiro atoms. The number of piperidine rings is 1. The molecule has 1 fully saturated rings. The minimum absolute atomic E-state index is 0.392. The maximum Gasteiger partial charge on any atom is 0.118 e. The van der Waals surface area contributed by atoms with E-state index < -0.39 is 0 Å². The normalized spacial score (nSPS) is 19.3. The molecule has 1 heterocycles. The predicted molar refractivity (Wildman–Crippen MR) is 79.3 cm³/mol.